The van der Waals surface area contributed by atoms with Gasteiger partial charge in [0.15, 0.2) is 0 Å². The van der Waals surface area contributed by atoms with E-state index in [1.807, 2.05) is 24.3 Å². The van der Waals surface area contributed by atoms with E-state index in [9.17, 15) is 27.6 Å². The fraction of sp³-hybridized carbons (Fsp3) is 0.292. The first-order valence-corrected chi connectivity index (χ1v) is 12.3. The number of carboxylic acid groups (broad SMARTS) is 2. The fourth-order valence-corrected chi connectivity index (χ4v) is 4.35. The molecule has 2 aromatic rings. The Morgan fingerprint density at radius 2 is 1.72 bits per heavy atom. The molecule has 1 atom stereocenters. The van der Waals surface area contributed by atoms with Crippen LogP contribution < -0.4 is 21.3 Å². The van der Waals surface area contributed by atoms with Crippen LogP contribution in [0.25, 0.3) is 0 Å². The number of carbonyl (C=O) groups excluding carboxylic acids is 2. The second-order valence-corrected chi connectivity index (χ2v) is 9.10. The quantitative estimate of drug-likeness (QED) is 0.193. The molecule has 39 heavy (non-hydrogen) atoms. The van der Waals surface area contributed by atoms with Crippen molar-refractivity contribution in [3.63, 3.8) is 0 Å². The second kappa shape index (κ2) is 14.2. The van der Waals surface area contributed by atoms with Crippen molar-refractivity contribution in [1.29, 1.82) is 5.41 Å². The molecule has 0 fully saturated rings. The van der Waals surface area contributed by atoms with Gasteiger partial charge < -0.3 is 26.2 Å². The average molecular weight is 570 g/mol. The van der Waals surface area contributed by atoms with Gasteiger partial charge in [0.25, 0.3) is 0 Å². The number of alkyl halides is 3. The van der Waals surface area contributed by atoms with Crippen LogP contribution in [0.2, 0.25) is 0 Å². The lowest BCUT2D eigenvalue weighted by molar-refractivity contribution is -0.192. The Morgan fingerprint density at radius 3 is 2.28 bits per heavy atom. The van der Waals surface area contributed by atoms with Crippen LogP contribution in [-0.4, -0.2) is 70.9 Å². The molecule has 0 saturated carbocycles. The highest BCUT2D eigenvalue weighted by atomic mass is 32.2. The smallest absolute Gasteiger partial charge is 0.480 e. The number of benzene rings is 2. The summed E-state index contributed by atoms with van der Waals surface area (Å²) in [6.07, 6.45) is -4.98. The molecule has 7 N–H and O–H groups in total. The maximum absolute atomic E-state index is 13.1. The number of nitrogens with one attached hydrogen (secondary N) is 3. The van der Waals surface area contributed by atoms with Gasteiger partial charge in [0.2, 0.25) is 11.8 Å². The Balaban J connectivity index is 0.000000673. The predicted molar refractivity (Wildman–Crippen MR) is 137 cm³/mol. The van der Waals surface area contributed by atoms with Gasteiger partial charge in [0.05, 0.1) is 18.3 Å². The number of amides is 2. The number of nitrogens with zero attached hydrogens (tertiary/aromatic N) is 1. The molecular formula is C24H26F3N5O6S. The van der Waals surface area contributed by atoms with Crippen LogP contribution in [0.5, 0.6) is 0 Å². The number of amidine groups is 1. The van der Waals surface area contributed by atoms with Crippen LogP contribution in [0.4, 0.5) is 18.9 Å². The lowest BCUT2D eigenvalue weighted by Gasteiger charge is -2.25. The highest BCUT2D eigenvalue weighted by Crippen LogP contribution is 2.34. The zero-order valence-corrected chi connectivity index (χ0v) is 21.1. The van der Waals surface area contributed by atoms with Crippen molar-refractivity contribution in [2.24, 2.45) is 5.73 Å². The number of carboxylic acids is 2. The number of rotatable bonds is 9. The van der Waals surface area contributed by atoms with Crippen molar-refractivity contribution in [1.82, 2.24) is 10.6 Å². The summed E-state index contributed by atoms with van der Waals surface area (Å²) >= 11 is 1.48. The molecule has 0 bridgehead atoms. The summed E-state index contributed by atoms with van der Waals surface area (Å²) in [4.78, 5) is 47.8. The van der Waals surface area contributed by atoms with E-state index >= 15 is 0 Å². The SMILES string of the molecule is N=C(N)c1ccc(CNC(=O)CCN2C(=O)[C@@H](NCC(=O)O)CSc3ccccc32)cc1.O=C(O)C(F)(F)F. The fourth-order valence-electron chi connectivity index (χ4n) is 3.25. The van der Waals surface area contributed by atoms with Crippen molar-refractivity contribution >= 4 is 47.0 Å². The average Bonchev–Trinajstić information content (AvgIpc) is 3.00. The monoisotopic (exact) mass is 569 g/mol. The number of fused-ring (bicyclic) bond motifs is 1. The molecular weight excluding hydrogens is 543 g/mol. The number of para-hydroxylation sites is 1. The maximum Gasteiger partial charge on any atom is 0.490 e. The summed E-state index contributed by atoms with van der Waals surface area (Å²) in [5, 5.41) is 29.1. The summed E-state index contributed by atoms with van der Waals surface area (Å²) in [6, 6.07) is 13.8. The molecule has 1 heterocycles. The lowest BCUT2D eigenvalue weighted by Crippen LogP contribution is -2.49. The number of halogens is 3. The van der Waals surface area contributed by atoms with Crippen molar-refractivity contribution in [3.8, 4) is 0 Å². The summed E-state index contributed by atoms with van der Waals surface area (Å²) < 4.78 is 31.7. The lowest BCUT2D eigenvalue weighted by atomic mass is 10.1. The zero-order chi connectivity index (χ0) is 29.2. The van der Waals surface area contributed by atoms with E-state index in [4.69, 9.17) is 26.2 Å². The molecule has 0 aromatic heterocycles. The molecule has 2 amide bonds. The van der Waals surface area contributed by atoms with Gasteiger partial charge in [-0.15, -0.1) is 11.8 Å². The number of thioether (sulfide) groups is 1. The molecule has 0 radical (unpaired) electrons. The molecule has 0 aliphatic carbocycles. The van der Waals surface area contributed by atoms with Crippen LogP contribution in [-0.2, 0) is 25.7 Å². The van der Waals surface area contributed by atoms with Gasteiger partial charge in [-0.05, 0) is 17.7 Å². The first kappa shape index (κ1) is 31.1. The van der Waals surface area contributed by atoms with E-state index in [2.05, 4.69) is 10.6 Å². The van der Waals surface area contributed by atoms with Crippen LogP contribution >= 0.6 is 11.8 Å². The van der Waals surface area contributed by atoms with Gasteiger partial charge in [-0.1, -0.05) is 36.4 Å². The Kier molecular flexibility index (Phi) is 11.3. The minimum absolute atomic E-state index is 0.0164. The number of aliphatic carboxylic acids is 2. The standard InChI is InChI=1S/C22H25N5O4S.C2HF3O2/c23-21(24)15-7-5-14(6-8-15)11-26-19(28)9-10-27-17-3-1-2-4-18(17)32-13-16(22(27)31)25-12-20(29)30;3-2(4,5)1(6)7/h1-8,16,25H,9-13H2,(H3,23,24)(H,26,28)(H,29,30);(H,6,7)/t16-;/m0./s1. The Hall–Kier alpha value is -4.11. The van der Waals surface area contributed by atoms with E-state index < -0.39 is 24.2 Å². The van der Waals surface area contributed by atoms with Gasteiger partial charge in [-0.25, -0.2) is 4.79 Å². The molecule has 0 saturated heterocycles. The van der Waals surface area contributed by atoms with Crippen molar-refractivity contribution in [2.45, 2.75) is 30.1 Å². The third-order valence-electron chi connectivity index (χ3n) is 5.18. The summed E-state index contributed by atoms with van der Waals surface area (Å²) in [5.41, 5.74) is 7.64. The number of hydrogen-bond donors (Lipinski definition) is 6. The first-order valence-electron chi connectivity index (χ1n) is 11.3. The minimum Gasteiger partial charge on any atom is -0.480 e. The van der Waals surface area contributed by atoms with E-state index in [-0.39, 0.29) is 37.2 Å². The largest absolute Gasteiger partial charge is 0.490 e. The van der Waals surface area contributed by atoms with Crippen molar-refractivity contribution in [2.75, 3.05) is 23.7 Å². The Morgan fingerprint density at radius 1 is 1.10 bits per heavy atom. The van der Waals surface area contributed by atoms with Gasteiger partial charge in [-0.3, -0.25) is 25.1 Å². The predicted octanol–water partition coefficient (Wildman–Crippen LogP) is 1.79. The van der Waals surface area contributed by atoms with Crippen molar-refractivity contribution in [3.05, 3.63) is 59.7 Å². The third kappa shape index (κ3) is 9.94. The topological polar surface area (TPSA) is 186 Å². The molecule has 15 heteroatoms. The molecule has 1 aliphatic heterocycles. The Labute approximate surface area is 225 Å². The number of nitrogen functional groups attached to an aromatic ring is 1. The van der Waals surface area contributed by atoms with Crippen LogP contribution in [0, 0.1) is 5.41 Å². The number of nitrogens with two attached hydrogens (primary N) is 1. The second-order valence-electron chi connectivity index (χ2n) is 8.04. The summed E-state index contributed by atoms with van der Waals surface area (Å²) in [6.45, 7) is 0.182. The molecule has 210 valence electrons. The van der Waals surface area contributed by atoms with Gasteiger partial charge in [0.1, 0.15) is 5.84 Å². The molecule has 0 unspecified atom stereocenters. The van der Waals surface area contributed by atoms with E-state index in [1.54, 1.807) is 29.2 Å². The Bertz CT molecular complexity index is 1210. The van der Waals surface area contributed by atoms with Gasteiger partial charge >= 0.3 is 18.1 Å². The van der Waals surface area contributed by atoms with Crippen LogP contribution in [0.3, 0.4) is 0 Å². The number of carbonyl (C=O) groups is 4. The van der Waals surface area contributed by atoms with Crippen LogP contribution in [0.15, 0.2) is 53.4 Å². The minimum atomic E-state index is -5.08. The molecule has 2 aromatic carbocycles. The third-order valence-corrected chi connectivity index (χ3v) is 6.34. The van der Waals surface area contributed by atoms with Gasteiger partial charge in [0, 0.05) is 35.7 Å². The van der Waals surface area contributed by atoms with E-state index in [1.165, 1.54) is 11.8 Å². The summed E-state index contributed by atoms with van der Waals surface area (Å²) in [5.74, 6) is -3.87. The molecule has 3 rings (SSSR count). The first-order chi connectivity index (χ1) is 18.3. The van der Waals surface area contributed by atoms with E-state index in [0.29, 0.717) is 17.9 Å². The zero-order valence-electron chi connectivity index (χ0n) is 20.3. The number of hydrogen-bond acceptors (Lipinski definition) is 7. The molecule has 11 nitrogen and oxygen atoms in total. The maximum atomic E-state index is 13.1. The summed E-state index contributed by atoms with van der Waals surface area (Å²) in [7, 11) is 0. The van der Waals surface area contributed by atoms with E-state index in [0.717, 1.165) is 16.1 Å². The highest BCUT2D eigenvalue weighted by Gasteiger charge is 2.38. The van der Waals surface area contributed by atoms with Crippen LogP contribution in [0.1, 0.15) is 17.5 Å². The molecule has 1 aliphatic rings. The normalized spacial score (nSPS) is 14.8. The van der Waals surface area contributed by atoms with Crippen molar-refractivity contribution < 1.29 is 42.6 Å². The molecule has 0 spiro atoms. The number of anilines is 1. The highest BCUT2D eigenvalue weighted by molar-refractivity contribution is 7.99. The van der Waals surface area contributed by atoms with Gasteiger partial charge in [-0.2, -0.15) is 13.2 Å².